The lowest BCUT2D eigenvalue weighted by atomic mass is 10.1. The highest BCUT2D eigenvalue weighted by molar-refractivity contribution is 7.86. The predicted octanol–water partition coefficient (Wildman–Crippen LogP) is 2.76. The number of phenols is 1. The molecule has 1 aromatic heterocycles. The normalized spacial score (nSPS) is 12.5. The van der Waals surface area contributed by atoms with Gasteiger partial charge in [0.05, 0.1) is 11.7 Å². The van der Waals surface area contributed by atoms with Crippen molar-refractivity contribution in [3.63, 3.8) is 0 Å². The molecule has 1 amide bonds. The van der Waals surface area contributed by atoms with Crippen LogP contribution in [0.2, 0.25) is 5.02 Å². The number of nitrogens with two attached hydrogens (primary N) is 1. The summed E-state index contributed by atoms with van der Waals surface area (Å²) in [4.78, 5) is 11.4. The molecule has 158 valence electrons. The summed E-state index contributed by atoms with van der Waals surface area (Å²) in [6.45, 7) is 0. The topological polar surface area (TPSA) is 169 Å². The minimum atomic E-state index is -4.73. The van der Waals surface area contributed by atoms with E-state index in [2.05, 4.69) is 15.5 Å². The Hall–Kier alpha value is -2.99. The van der Waals surface area contributed by atoms with Gasteiger partial charge >= 0.3 is 0 Å². The lowest BCUT2D eigenvalue weighted by molar-refractivity contribution is -0.116. The summed E-state index contributed by atoms with van der Waals surface area (Å²) in [5.74, 6) is -0.955. The van der Waals surface area contributed by atoms with E-state index in [1.807, 2.05) is 18.2 Å². The zero-order valence-corrected chi connectivity index (χ0v) is 16.9. The first-order valence-corrected chi connectivity index (χ1v) is 10.4. The lowest BCUT2D eigenvalue weighted by Crippen LogP contribution is -2.17. The van der Waals surface area contributed by atoms with Crippen molar-refractivity contribution in [2.24, 2.45) is 5.73 Å². The Bertz CT molecular complexity index is 1170. The van der Waals surface area contributed by atoms with Crippen LogP contribution in [0.15, 0.2) is 51.8 Å². The fourth-order valence-electron chi connectivity index (χ4n) is 2.57. The largest absolute Gasteiger partial charge is 0.504 e. The van der Waals surface area contributed by atoms with Crippen molar-refractivity contribution in [2.45, 2.75) is 23.8 Å². The van der Waals surface area contributed by atoms with E-state index in [-0.39, 0.29) is 29.4 Å². The van der Waals surface area contributed by atoms with E-state index in [1.165, 1.54) is 0 Å². The van der Waals surface area contributed by atoms with Crippen LogP contribution in [0.4, 0.5) is 5.69 Å². The molecule has 0 bridgehead atoms. The third-order valence-electron chi connectivity index (χ3n) is 4.05. The summed E-state index contributed by atoms with van der Waals surface area (Å²) in [6.07, 6.45) is 0.0338. The Morgan fingerprint density at radius 3 is 2.60 bits per heavy atom. The number of nitrogens with zero attached hydrogens (tertiary/aromatic N) is 2. The molecule has 3 rings (SSSR count). The van der Waals surface area contributed by atoms with Gasteiger partial charge in [-0.25, -0.2) is 0 Å². The van der Waals surface area contributed by atoms with Crippen LogP contribution in [0.25, 0.3) is 11.5 Å². The first-order chi connectivity index (χ1) is 14.1. The van der Waals surface area contributed by atoms with Gasteiger partial charge in [0.1, 0.15) is 4.90 Å². The highest BCUT2D eigenvalue weighted by Gasteiger charge is 2.22. The molecule has 1 unspecified atom stereocenters. The summed E-state index contributed by atoms with van der Waals surface area (Å²) in [7, 11) is -4.73. The Labute approximate surface area is 176 Å². The Balaban J connectivity index is 1.64. The maximum atomic E-state index is 12.2. The average molecular weight is 453 g/mol. The quantitative estimate of drug-likeness (QED) is 0.311. The number of rotatable bonds is 7. The summed E-state index contributed by atoms with van der Waals surface area (Å²) >= 11 is 5.79. The number of nitrogens with one attached hydrogen (secondary N) is 1. The number of carbonyl (C=O) groups excluding carboxylic acids is 1. The van der Waals surface area contributed by atoms with E-state index >= 15 is 0 Å². The molecular weight excluding hydrogens is 436 g/mol. The van der Waals surface area contributed by atoms with Crippen LogP contribution in [-0.4, -0.2) is 34.2 Å². The fourth-order valence-corrected chi connectivity index (χ4v) is 3.48. The molecule has 0 saturated heterocycles. The van der Waals surface area contributed by atoms with Crippen LogP contribution in [0.1, 0.15) is 24.8 Å². The minimum Gasteiger partial charge on any atom is -0.504 e. The van der Waals surface area contributed by atoms with Crippen LogP contribution in [-0.2, 0) is 14.9 Å². The third-order valence-corrected chi connectivity index (χ3v) is 5.14. The Morgan fingerprint density at radius 2 is 1.93 bits per heavy atom. The van der Waals surface area contributed by atoms with Gasteiger partial charge in [-0.2, -0.15) is 8.42 Å². The van der Waals surface area contributed by atoms with Gasteiger partial charge < -0.3 is 20.6 Å². The number of aromatic hydroxyl groups is 1. The predicted molar refractivity (Wildman–Crippen MR) is 107 cm³/mol. The molecular formula is C18H17ClN4O6S. The number of halogens is 1. The van der Waals surface area contributed by atoms with E-state index in [0.29, 0.717) is 5.89 Å². The highest BCUT2D eigenvalue weighted by Crippen LogP contribution is 2.34. The van der Waals surface area contributed by atoms with Crippen molar-refractivity contribution >= 4 is 33.3 Å². The molecule has 0 aliphatic rings. The number of benzene rings is 2. The fraction of sp³-hybridized carbons (Fsp3) is 0.167. The number of aromatic nitrogens is 2. The van der Waals surface area contributed by atoms with Gasteiger partial charge in [-0.1, -0.05) is 29.8 Å². The highest BCUT2D eigenvalue weighted by atomic mass is 35.5. The van der Waals surface area contributed by atoms with Crippen LogP contribution in [0.3, 0.4) is 0 Å². The van der Waals surface area contributed by atoms with Crippen LogP contribution in [0.5, 0.6) is 5.75 Å². The van der Waals surface area contributed by atoms with Crippen LogP contribution >= 0.6 is 11.6 Å². The van der Waals surface area contributed by atoms with Crippen molar-refractivity contribution in [3.8, 4) is 17.2 Å². The molecule has 0 spiro atoms. The van der Waals surface area contributed by atoms with E-state index < -0.39 is 32.7 Å². The molecule has 10 nitrogen and oxygen atoms in total. The van der Waals surface area contributed by atoms with Gasteiger partial charge in [-0.15, -0.1) is 10.2 Å². The summed E-state index contributed by atoms with van der Waals surface area (Å²) < 4.78 is 37.3. The second-order valence-electron chi connectivity index (χ2n) is 6.28. The number of amides is 1. The van der Waals surface area contributed by atoms with Gasteiger partial charge in [0.15, 0.2) is 5.75 Å². The monoisotopic (exact) mass is 452 g/mol. The molecule has 3 aromatic rings. The molecule has 1 heterocycles. The zero-order valence-electron chi connectivity index (χ0n) is 15.3. The van der Waals surface area contributed by atoms with E-state index in [9.17, 15) is 18.3 Å². The van der Waals surface area contributed by atoms with Crippen LogP contribution < -0.4 is 11.1 Å². The molecule has 0 fully saturated rings. The van der Waals surface area contributed by atoms with Crippen LogP contribution in [0, 0.1) is 0 Å². The van der Waals surface area contributed by atoms with Crippen molar-refractivity contribution in [1.82, 2.24) is 10.2 Å². The van der Waals surface area contributed by atoms with Crippen molar-refractivity contribution < 1.29 is 27.3 Å². The molecule has 1 atom stereocenters. The Morgan fingerprint density at radius 1 is 1.23 bits per heavy atom. The number of anilines is 1. The van der Waals surface area contributed by atoms with Gasteiger partial charge in [0.25, 0.3) is 10.1 Å². The van der Waals surface area contributed by atoms with Crippen molar-refractivity contribution in [2.75, 3.05) is 5.32 Å². The van der Waals surface area contributed by atoms with E-state index in [4.69, 9.17) is 26.3 Å². The molecule has 0 aliphatic heterocycles. The second kappa shape index (κ2) is 8.79. The lowest BCUT2D eigenvalue weighted by Gasteiger charge is -2.11. The smallest absolute Gasteiger partial charge is 0.298 e. The molecule has 0 aliphatic carbocycles. The number of carbonyl (C=O) groups is 1. The number of hydrogen-bond donors (Lipinski definition) is 4. The van der Waals surface area contributed by atoms with E-state index in [0.717, 1.165) is 17.7 Å². The Kier molecular flexibility index (Phi) is 6.37. The number of phenolic OH excluding ortho intramolecular Hbond substituents is 1. The minimum absolute atomic E-state index is 0.0998. The van der Waals surface area contributed by atoms with Gasteiger partial charge in [-0.05, 0) is 30.7 Å². The SMILES string of the molecule is NC(CCC(=O)Nc1cc(Cl)cc(S(=O)(=O)O)c1O)c1nnc(-c2ccccc2)o1. The maximum absolute atomic E-state index is 12.2. The van der Waals surface area contributed by atoms with Gasteiger partial charge in [0, 0.05) is 17.0 Å². The average Bonchev–Trinajstić information content (AvgIpc) is 3.19. The molecule has 0 saturated carbocycles. The first kappa shape index (κ1) is 21.7. The maximum Gasteiger partial charge on any atom is 0.298 e. The molecule has 5 N–H and O–H groups in total. The first-order valence-electron chi connectivity index (χ1n) is 8.59. The zero-order chi connectivity index (χ0) is 21.9. The molecule has 12 heteroatoms. The standard InChI is InChI=1S/C18H17ClN4O6S/c19-11-8-13(16(25)14(9-11)30(26,27)28)21-15(24)7-6-12(20)18-23-22-17(29-18)10-4-2-1-3-5-10/h1-5,8-9,12,25H,6-7,20H2,(H,21,24)(H,26,27,28). The van der Waals surface area contributed by atoms with Gasteiger partial charge in [0.2, 0.25) is 17.7 Å². The number of hydrogen-bond acceptors (Lipinski definition) is 8. The van der Waals surface area contributed by atoms with Crippen molar-refractivity contribution in [1.29, 1.82) is 0 Å². The second-order valence-corrected chi connectivity index (χ2v) is 8.11. The summed E-state index contributed by atoms with van der Waals surface area (Å²) in [5.41, 5.74) is 6.47. The van der Waals surface area contributed by atoms with Crippen molar-refractivity contribution in [3.05, 3.63) is 53.4 Å². The van der Waals surface area contributed by atoms with Gasteiger partial charge in [-0.3, -0.25) is 9.35 Å². The third kappa shape index (κ3) is 5.13. The molecule has 30 heavy (non-hydrogen) atoms. The summed E-state index contributed by atoms with van der Waals surface area (Å²) in [6, 6.07) is 10.4. The molecule has 2 aromatic carbocycles. The van der Waals surface area contributed by atoms with E-state index in [1.54, 1.807) is 12.1 Å². The molecule has 0 radical (unpaired) electrons. The summed E-state index contributed by atoms with van der Waals surface area (Å²) in [5, 5.41) is 20.0.